The van der Waals surface area contributed by atoms with Gasteiger partial charge >= 0.3 is 0 Å². The number of anilines is 1. The van der Waals surface area contributed by atoms with Gasteiger partial charge in [-0.2, -0.15) is 0 Å². The smallest absolute Gasteiger partial charge is 0.224 e. The second kappa shape index (κ2) is 8.27. The summed E-state index contributed by atoms with van der Waals surface area (Å²) < 4.78 is 18.6. The molecule has 1 heterocycles. The van der Waals surface area contributed by atoms with Crippen LogP contribution in [0, 0.1) is 5.82 Å². The molecule has 138 valence electrons. The molecule has 3 N–H and O–H groups in total. The van der Waals surface area contributed by atoms with E-state index in [1.807, 2.05) is 0 Å². The third-order valence-electron chi connectivity index (χ3n) is 3.86. The molecule has 6 nitrogen and oxygen atoms in total. The maximum absolute atomic E-state index is 13.0. The van der Waals surface area contributed by atoms with Crippen LogP contribution in [0.3, 0.4) is 0 Å². The van der Waals surface area contributed by atoms with Crippen LogP contribution in [0.2, 0.25) is 0 Å². The van der Waals surface area contributed by atoms with Crippen molar-refractivity contribution in [3.63, 3.8) is 0 Å². The highest BCUT2D eigenvalue weighted by atomic mass is 19.1. The molecule has 0 saturated carbocycles. The third kappa shape index (κ3) is 5.24. The summed E-state index contributed by atoms with van der Waals surface area (Å²) in [5, 5.41) is 2.77. The summed E-state index contributed by atoms with van der Waals surface area (Å²) in [6, 6.07) is 12.8. The van der Waals surface area contributed by atoms with E-state index in [0.717, 1.165) is 11.1 Å². The van der Waals surface area contributed by atoms with Crippen LogP contribution in [0.5, 0.6) is 0 Å². The third-order valence-corrected chi connectivity index (χ3v) is 3.86. The summed E-state index contributed by atoms with van der Waals surface area (Å²) in [6.07, 6.45) is 2.26. The standard InChI is InChI=1S/C20H18FN3O3/c21-15-5-3-14(4-6-15)17-12-23-20(27-17)10-9-19(26)24-16-7-1-13(2-8-16)11-18(22)25/h1-8,12H,9-11H2,(H2,22,25)(H,24,26). The first-order valence-electron chi connectivity index (χ1n) is 8.37. The van der Waals surface area contributed by atoms with E-state index in [9.17, 15) is 14.0 Å². The fraction of sp³-hybridized carbons (Fsp3) is 0.150. The first-order chi connectivity index (χ1) is 13.0. The van der Waals surface area contributed by atoms with E-state index in [1.54, 1.807) is 42.6 Å². The van der Waals surface area contributed by atoms with Crippen LogP contribution in [0.1, 0.15) is 17.9 Å². The maximum Gasteiger partial charge on any atom is 0.224 e. The number of aryl methyl sites for hydroxylation is 1. The molecule has 3 aromatic rings. The van der Waals surface area contributed by atoms with Crippen LogP contribution in [0.25, 0.3) is 11.3 Å². The van der Waals surface area contributed by atoms with Gasteiger partial charge in [-0.3, -0.25) is 9.59 Å². The van der Waals surface area contributed by atoms with E-state index in [-0.39, 0.29) is 24.6 Å². The fourth-order valence-corrected chi connectivity index (χ4v) is 2.52. The van der Waals surface area contributed by atoms with Crippen LogP contribution in [0.15, 0.2) is 59.1 Å². The molecular formula is C20H18FN3O3. The van der Waals surface area contributed by atoms with Crippen molar-refractivity contribution in [2.24, 2.45) is 5.73 Å². The van der Waals surface area contributed by atoms with Crippen molar-refractivity contribution in [1.29, 1.82) is 0 Å². The quantitative estimate of drug-likeness (QED) is 0.670. The molecule has 27 heavy (non-hydrogen) atoms. The number of nitrogens with one attached hydrogen (secondary N) is 1. The monoisotopic (exact) mass is 367 g/mol. The van der Waals surface area contributed by atoms with Crippen molar-refractivity contribution in [2.75, 3.05) is 5.32 Å². The number of aromatic nitrogens is 1. The zero-order valence-corrected chi connectivity index (χ0v) is 14.4. The molecule has 2 amide bonds. The highest BCUT2D eigenvalue weighted by molar-refractivity contribution is 5.90. The summed E-state index contributed by atoms with van der Waals surface area (Å²) in [7, 11) is 0. The lowest BCUT2D eigenvalue weighted by molar-refractivity contribution is -0.117. The molecule has 0 bridgehead atoms. The molecule has 0 spiro atoms. The van der Waals surface area contributed by atoms with Crippen molar-refractivity contribution < 1.29 is 18.4 Å². The number of benzene rings is 2. The Labute approximate surface area is 155 Å². The first kappa shape index (κ1) is 18.3. The van der Waals surface area contributed by atoms with Gasteiger partial charge in [0, 0.05) is 24.1 Å². The number of nitrogens with two attached hydrogens (primary N) is 1. The minimum absolute atomic E-state index is 0.161. The Kier molecular flexibility index (Phi) is 5.61. The Hall–Kier alpha value is -3.48. The molecular weight excluding hydrogens is 349 g/mol. The van der Waals surface area contributed by atoms with Crippen LogP contribution in [-0.2, 0) is 22.4 Å². The highest BCUT2D eigenvalue weighted by Crippen LogP contribution is 2.21. The summed E-state index contributed by atoms with van der Waals surface area (Å²) >= 11 is 0. The van der Waals surface area contributed by atoms with Crippen molar-refractivity contribution >= 4 is 17.5 Å². The van der Waals surface area contributed by atoms with Crippen LogP contribution < -0.4 is 11.1 Å². The normalized spacial score (nSPS) is 10.6. The summed E-state index contributed by atoms with van der Waals surface area (Å²) in [4.78, 5) is 27.1. The number of primary amides is 1. The van der Waals surface area contributed by atoms with E-state index in [2.05, 4.69) is 10.3 Å². The molecule has 0 aliphatic heterocycles. The molecule has 0 atom stereocenters. The van der Waals surface area contributed by atoms with E-state index in [4.69, 9.17) is 10.2 Å². The second-order valence-corrected chi connectivity index (χ2v) is 6.01. The van der Waals surface area contributed by atoms with Crippen molar-refractivity contribution in [2.45, 2.75) is 19.3 Å². The fourth-order valence-electron chi connectivity index (χ4n) is 2.52. The van der Waals surface area contributed by atoms with Gasteiger partial charge in [0.2, 0.25) is 11.8 Å². The number of hydrogen-bond donors (Lipinski definition) is 2. The van der Waals surface area contributed by atoms with Gasteiger partial charge in [0.05, 0.1) is 12.6 Å². The van der Waals surface area contributed by atoms with Crippen LogP contribution in [0.4, 0.5) is 10.1 Å². The molecule has 1 aromatic heterocycles. The van der Waals surface area contributed by atoms with Crippen LogP contribution in [-0.4, -0.2) is 16.8 Å². The summed E-state index contributed by atoms with van der Waals surface area (Å²) in [6.45, 7) is 0. The average Bonchev–Trinajstić information content (AvgIpc) is 3.11. The molecule has 0 fully saturated rings. The van der Waals surface area contributed by atoms with Gasteiger partial charge in [0.25, 0.3) is 0 Å². The Morgan fingerprint density at radius 2 is 1.78 bits per heavy atom. The first-order valence-corrected chi connectivity index (χ1v) is 8.37. The van der Waals surface area contributed by atoms with Crippen molar-refractivity contribution in [3.8, 4) is 11.3 Å². The molecule has 3 rings (SSSR count). The van der Waals surface area contributed by atoms with Gasteiger partial charge < -0.3 is 15.5 Å². The van der Waals surface area contributed by atoms with Gasteiger partial charge in [0.1, 0.15) is 5.82 Å². The number of halogens is 1. The van der Waals surface area contributed by atoms with E-state index < -0.39 is 5.91 Å². The number of hydrogen-bond acceptors (Lipinski definition) is 4. The van der Waals surface area contributed by atoms with E-state index in [1.165, 1.54) is 12.1 Å². The predicted octanol–water partition coefficient (Wildman–Crippen LogP) is 3.08. The zero-order valence-electron chi connectivity index (χ0n) is 14.4. The Bertz CT molecular complexity index is 934. The maximum atomic E-state index is 13.0. The summed E-state index contributed by atoms with van der Waals surface area (Å²) in [5.41, 5.74) is 7.28. The number of carbonyl (C=O) groups is 2. The van der Waals surface area contributed by atoms with Crippen molar-refractivity contribution in [1.82, 2.24) is 4.98 Å². The largest absolute Gasteiger partial charge is 0.441 e. The SMILES string of the molecule is NC(=O)Cc1ccc(NC(=O)CCc2ncc(-c3ccc(F)cc3)o2)cc1. The zero-order chi connectivity index (χ0) is 19.2. The minimum Gasteiger partial charge on any atom is -0.441 e. The molecule has 0 saturated heterocycles. The minimum atomic E-state index is -0.405. The molecule has 2 aromatic carbocycles. The molecule has 7 heteroatoms. The Morgan fingerprint density at radius 1 is 1.07 bits per heavy atom. The van der Waals surface area contributed by atoms with E-state index in [0.29, 0.717) is 23.8 Å². The van der Waals surface area contributed by atoms with Crippen molar-refractivity contribution in [3.05, 3.63) is 72.0 Å². The lowest BCUT2D eigenvalue weighted by Crippen LogP contribution is -2.14. The summed E-state index contributed by atoms with van der Waals surface area (Å²) in [5.74, 6) is 0.0477. The predicted molar refractivity (Wildman–Crippen MR) is 98.2 cm³/mol. The molecule has 0 radical (unpaired) electrons. The Morgan fingerprint density at radius 3 is 2.44 bits per heavy atom. The number of amides is 2. The topological polar surface area (TPSA) is 98.2 Å². The van der Waals surface area contributed by atoms with Gasteiger partial charge in [-0.1, -0.05) is 12.1 Å². The van der Waals surface area contributed by atoms with Gasteiger partial charge in [-0.05, 0) is 42.0 Å². The molecule has 0 aliphatic rings. The number of oxazole rings is 1. The lowest BCUT2D eigenvalue weighted by atomic mass is 10.1. The Balaban J connectivity index is 1.52. The van der Waals surface area contributed by atoms with Gasteiger partial charge in [0.15, 0.2) is 11.7 Å². The van der Waals surface area contributed by atoms with Crippen LogP contribution >= 0.6 is 0 Å². The lowest BCUT2D eigenvalue weighted by Gasteiger charge is -2.05. The number of nitrogens with zero attached hydrogens (tertiary/aromatic N) is 1. The van der Waals surface area contributed by atoms with E-state index >= 15 is 0 Å². The average molecular weight is 367 g/mol. The number of carbonyl (C=O) groups excluding carboxylic acids is 2. The number of rotatable bonds is 7. The van der Waals surface area contributed by atoms with Gasteiger partial charge in [-0.25, -0.2) is 9.37 Å². The second-order valence-electron chi connectivity index (χ2n) is 6.01. The van der Waals surface area contributed by atoms with Gasteiger partial charge in [-0.15, -0.1) is 0 Å². The molecule has 0 unspecified atom stereocenters. The molecule has 0 aliphatic carbocycles. The highest BCUT2D eigenvalue weighted by Gasteiger charge is 2.10.